The van der Waals surface area contributed by atoms with E-state index in [1.807, 2.05) is 0 Å². The van der Waals surface area contributed by atoms with E-state index < -0.39 is 5.82 Å². The number of carbonyl (C=O) groups is 1. The predicted molar refractivity (Wildman–Crippen MR) is 113 cm³/mol. The molecule has 4 rings (SSSR count). The predicted octanol–water partition coefficient (Wildman–Crippen LogP) is 2.79. The van der Waals surface area contributed by atoms with Gasteiger partial charge in [-0.05, 0) is 6.42 Å². The number of amides is 1. The van der Waals surface area contributed by atoms with Gasteiger partial charge in [0.1, 0.15) is 36.4 Å². The van der Waals surface area contributed by atoms with Crippen molar-refractivity contribution in [3.63, 3.8) is 0 Å². The lowest BCUT2D eigenvalue weighted by Crippen LogP contribution is -2.16. The third kappa shape index (κ3) is 4.45. The lowest BCUT2D eigenvalue weighted by Gasteiger charge is -2.21. The van der Waals surface area contributed by atoms with Crippen LogP contribution in [0, 0.1) is 5.82 Å². The fraction of sp³-hybridized carbons (Fsp3) is 0.350. The number of benzene rings is 1. The first-order valence-electron chi connectivity index (χ1n) is 9.80. The number of carbonyl (C=O) groups excluding carboxylic acids is 1. The fourth-order valence-electron chi connectivity index (χ4n) is 3.23. The number of halogens is 1. The van der Waals surface area contributed by atoms with Gasteiger partial charge in [-0.25, -0.2) is 9.37 Å². The molecule has 2 aromatic heterocycles. The van der Waals surface area contributed by atoms with Crippen molar-refractivity contribution in [1.29, 1.82) is 0 Å². The first-order valence-corrected chi connectivity index (χ1v) is 9.80. The summed E-state index contributed by atoms with van der Waals surface area (Å²) in [5.74, 6) is 1.15. The Labute approximate surface area is 177 Å². The molecule has 1 aliphatic rings. The molecule has 164 valence electrons. The van der Waals surface area contributed by atoms with Gasteiger partial charge >= 0.3 is 0 Å². The molecule has 3 N–H and O–H groups in total. The van der Waals surface area contributed by atoms with E-state index >= 15 is 0 Å². The molecule has 0 atom stereocenters. The van der Waals surface area contributed by atoms with Crippen molar-refractivity contribution in [3.8, 4) is 11.5 Å². The molecule has 0 fully saturated rings. The van der Waals surface area contributed by atoms with E-state index in [-0.39, 0.29) is 5.91 Å². The maximum atomic E-state index is 14.1. The zero-order valence-electron chi connectivity index (χ0n) is 17.2. The smallest absolute Gasteiger partial charge is 0.224 e. The Kier molecular flexibility index (Phi) is 6.03. The molecule has 1 amide bonds. The second-order valence-corrected chi connectivity index (χ2v) is 6.82. The minimum atomic E-state index is -0.463. The molecule has 3 aromatic rings. The zero-order valence-corrected chi connectivity index (χ0v) is 17.2. The van der Waals surface area contributed by atoms with E-state index in [9.17, 15) is 9.18 Å². The van der Waals surface area contributed by atoms with Crippen LogP contribution in [0.1, 0.15) is 12.8 Å². The van der Waals surface area contributed by atoms with Crippen molar-refractivity contribution in [1.82, 2.24) is 14.6 Å². The molecular formula is C20H23FN6O4. The van der Waals surface area contributed by atoms with E-state index in [1.165, 1.54) is 18.3 Å². The average molecular weight is 430 g/mol. The number of ether oxygens (including phenoxy) is 3. The molecule has 0 saturated heterocycles. The van der Waals surface area contributed by atoms with Crippen LogP contribution in [0.15, 0.2) is 24.4 Å². The van der Waals surface area contributed by atoms with Gasteiger partial charge in [-0.1, -0.05) is 0 Å². The summed E-state index contributed by atoms with van der Waals surface area (Å²) in [6.45, 7) is 1.22. The quantitative estimate of drug-likeness (QED) is 0.468. The summed E-state index contributed by atoms with van der Waals surface area (Å²) < 4.78 is 31.7. The summed E-state index contributed by atoms with van der Waals surface area (Å²) in [6, 6.07) is 4.31. The normalized spacial score (nSPS) is 12.6. The van der Waals surface area contributed by atoms with Crippen molar-refractivity contribution in [2.24, 2.45) is 0 Å². The highest BCUT2D eigenvalue weighted by molar-refractivity contribution is 5.94. The van der Waals surface area contributed by atoms with Gasteiger partial charge in [0, 0.05) is 45.4 Å². The van der Waals surface area contributed by atoms with Crippen LogP contribution < -0.4 is 25.4 Å². The summed E-state index contributed by atoms with van der Waals surface area (Å²) in [6.07, 6.45) is 2.45. The highest BCUT2D eigenvalue weighted by Crippen LogP contribution is 2.40. The van der Waals surface area contributed by atoms with Crippen molar-refractivity contribution < 1.29 is 23.4 Å². The monoisotopic (exact) mass is 430 g/mol. The van der Waals surface area contributed by atoms with Gasteiger partial charge in [0.05, 0.1) is 11.9 Å². The Hall–Kier alpha value is -3.60. The number of methoxy groups -OCH3 is 1. The third-order valence-electron chi connectivity index (χ3n) is 4.62. The van der Waals surface area contributed by atoms with Crippen LogP contribution in [0.5, 0.6) is 11.5 Å². The Balaban J connectivity index is 1.65. The van der Waals surface area contributed by atoms with Crippen molar-refractivity contribution in [3.05, 3.63) is 30.2 Å². The number of anilines is 4. The van der Waals surface area contributed by atoms with Crippen molar-refractivity contribution in [2.75, 3.05) is 49.9 Å². The SMILES string of the molecule is CNc1cc(Nc2cc(F)cc3c2OCCO3)nc2c(NC(=O)CCCOC)cnn12. The van der Waals surface area contributed by atoms with Crippen LogP contribution in [-0.2, 0) is 9.53 Å². The Morgan fingerprint density at radius 1 is 1.26 bits per heavy atom. The van der Waals surface area contributed by atoms with Crippen LogP contribution in [-0.4, -0.2) is 54.5 Å². The fourth-order valence-corrected chi connectivity index (χ4v) is 3.23. The number of hydrogen-bond acceptors (Lipinski definition) is 8. The maximum absolute atomic E-state index is 14.1. The van der Waals surface area contributed by atoms with Crippen molar-refractivity contribution in [2.45, 2.75) is 12.8 Å². The topological polar surface area (TPSA) is 111 Å². The van der Waals surface area contributed by atoms with Crippen LogP contribution in [0.25, 0.3) is 5.65 Å². The summed E-state index contributed by atoms with van der Waals surface area (Å²) in [5, 5.41) is 13.2. The van der Waals surface area contributed by atoms with Crippen LogP contribution in [0.4, 0.5) is 27.4 Å². The molecule has 11 heteroatoms. The molecule has 0 saturated carbocycles. The maximum Gasteiger partial charge on any atom is 0.224 e. The number of nitrogens with one attached hydrogen (secondary N) is 3. The molecule has 0 radical (unpaired) electrons. The lowest BCUT2D eigenvalue weighted by molar-refractivity contribution is -0.116. The molecule has 1 aromatic carbocycles. The summed E-state index contributed by atoms with van der Waals surface area (Å²) in [5.41, 5.74) is 1.28. The molecule has 0 spiro atoms. The van der Waals surface area contributed by atoms with Gasteiger partial charge in [-0.2, -0.15) is 9.61 Å². The number of hydrogen-bond donors (Lipinski definition) is 3. The largest absolute Gasteiger partial charge is 0.486 e. The number of aromatic nitrogens is 3. The lowest BCUT2D eigenvalue weighted by atomic mass is 10.2. The standard InChI is InChI=1S/C20H23FN6O4/c1-22-17-10-16(24-13-8-12(21)9-15-19(13)31-7-6-30-15)26-20-14(11-23-27(17)20)25-18(28)4-3-5-29-2/h8-11,22H,3-7H2,1-2H3,(H,24,26)(H,25,28). The number of fused-ring (bicyclic) bond motifs is 2. The highest BCUT2D eigenvalue weighted by atomic mass is 19.1. The average Bonchev–Trinajstić information content (AvgIpc) is 3.16. The summed E-state index contributed by atoms with van der Waals surface area (Å²) in [7, 11) is 3.33. The third-order valence-corrected chi connectivity index (χ3v) is 4.62. The minimum Gasteiger partial charge on any atom is -0.486 e. The van der Waals surface area contributed by atoms with Gasteiger partial charge < -0.3 is 30.2 Å². The van der Waals surface area contributed by atoms with E-state index in [4.69, 9.17) is 14.2 Å². The molecule has 31 heavy (non-hydrogen) atoms. The van der Waals surface area contributed by atoms with Crippen molar-refractivity contribution >= 4 is 34.6 Å². The van der Waals surface area contributed by atoms with E-state index in [0.29, 0.717) is 72.8 Å². The van der Waals surface area contributed by atoms with Gasteiger partial charge in [-0.3, -0.25) is 4.79 Å². The van der Waals surface area contributed by atoms with Crippen LogP contribution in [0.3, 0.4) is 0 Å². The molecular weight excluding hydrogens is 407 g/mol. The molecule has 3 heterocycles. The second kappa shape index (κ2) is 9.04. The Morgan fingerprint density at radius 3 is 2.90 bits per heavy atom. The highest BCUT2D eigenvalue weighted by Gasteiger charge is 2.20. The van der Waals surface area contributed by atoms with E-state index in [1.54, 1.807) is 24.7 Å². The molecule has 10 nitrogen and oxygen atoms in total. The van der Waals surface area contributed by atoms with E-state index in [0.717, 1.165) is 0 Å². The van der Waals surface area contributed by atoms with Gasteiger partial charge in [0.2, 0.25) is 5.91 Å². The second-order valence-electron chi connectivity index (χ2n) is 6.82. The van der Waals surface area contributed by atoms with Crippen LogP contribution in [0.2, 0.25) is 0 Å². The minimum absolute atomic E-state index is 0.164. The number of rotatable bonds is 8. The van der Waals surface area contributed by atoms with Gasteiger partial charge in [0.25, 0.3) is 0 Å². The summed E-state index contributed by atoms with van der Waals surface area (Å²) >= 11 is 0. The molecule has 1 aliphatic heterocycles. The van der Waals surface area contributed by atoms with E-state index in [2.05, 4.69) is 26.0 Å². The first-order chi connectivity index (χ1) is 15.1. The molecule has 0 bridgehead atoms. The molecule has 0 aliphatic carbocycles. The Bertz CT molecular complexity index is 1100. The number of nitrogens with zero attached hydrogens (tertiary/aromatic N) is 3. The zero-order chi connectivity index (χ0) is 21.8. The van der Waals surface area contributed by atoms with Crippen LogP contribution >= 0.6 is 0 Å². The Morgan fingerprint density at radius 2 is 2.10 bits per heavy atom. The summed E-state index contributed by atoms with van der Waals surface area (Å²) in [4.78, 5) is 16.8. The van der Waals surface area contributed by atoms with Gasteiger partial charge in [-0.15, -0.1) is 0 Å². The van der Waals surface area contributed by atoms with Gasteiger partial charge in [0.15, 0.2) is 17.1 Å². The molecule has 0 unspecified atom stereocenters. The first kappa shape index (κ1) is 20.7.